The van der Waals surface area contributed by atoms with Gasteiger partial charge < -0.3 is 28.8 Å². The van der Waals surface area contributed by atoms with Crippen LogP contribution in [0.1, 0.15) is 17.5 Å². The Hall–Kier alpha value is -3.48. The zero-order valence-corrected chi connectivity index (χ0v) is 18.1. The van der Waals surface area contributed by atoms with Crippen molar-refractivity contribution in [2.75, 3.05) is 20.8 Å². The van der Waals surface area contributed by atoms with E-state index in [9.17, 15) is 10.2 Å². The molecule has 0 aliphatic carbocycles. The van der Waals surface area contributed by atoms with Gasteiger partial charge in [0.15, 0.2) is 22.8 Å². The highest BCUT2D eigenvalue weighted by Crippen LogP contribution is 2.42. The SMILES string of the molecule is COc1cc(-c2oc3c(OC)cc(CCCO)cc3c2CO)ccc1Oc1ccccc1. The number of aliphatic hydroxyl groups is 2. The Bertz CT molecular complexity index is 1200. The largest absolute Gasteiger partial charge is 0.493 e. The minimum Gasteiger partial charge on any atom is -0.493 e. The van der Waals surface area contributed by atoms with Gasteiger partial charge in [-0.1, -0.05) is 18.2 Å². The van der Waals surface area contributed by atoms with Gasteiger partial charge in [-0.05, 0) is 60.9 Å². The van der Waals surface area contributed by atoms with Gasteiger partial charge in [0.05, 0.1) is 20.8 Å². The molecule has 0 bridgehead atoms. The van der Waals surface area contributed by atoms with Gasteiger partial charge in [-0.25, -0.2) is 0 Å². The van der Waals surface area contributed by atoms with E-state index in [1.165, 1.54) is 0 Å². The monoisotopic (exact) mass is 434 g/mol. The van der Waals surface area contributed by atoms with Crippen molar-refractivity contribution in [3.63, 3.8) is 0 Å². The molecule has 0 saturated heterocycles. The molecule has 1 heterocycles. The molecule has 0 radical (unpaired) electrons. The van der Waals surface area contributed by atoms with Crippen molar-refractivity contribution >= 4 is 11.0 Å². The molecule has 2 N–H and O–H groups in total. The molecule has 0 atom stereocenters. The Kier molecular flexibility index (Phi) is 6.63. The Labute approximate surface area is 186 Å². The number of aliphatic hydroxyl groups excluding tert-OH is 2. The highest BCUT2D eigenvalue weighted by Gasteiger charge is 2.21. The summed E-state index contributed by atoms with van der Waals surface area (Å²) in [6.07, 6.45) is 1.35. The predicted molar refractivity (Wildman–Crippen MR) is 123 cm³/mol. The van der Waals surface area contributed by atoms with E-state index in [0.717, 1.165) is 16.5 Å². The molecule has 6 heteroatoms. The summed E-state index contributed by atoms with van der Waals surface area (Å²) in [5.41, 5.74) is 3.00. The summed E-state index contributed by atoms with van der Waals surface area (Å²) >= 11 is 0. The van der Waals surface area contributed by atoms with Crippen LogP contribution < -0.4 is 14.2 Å². The average molecular weight is 434 g/mol. The van der Waals surface area contributed by atoms with Crippen molar-refractivity contribution in [2.45, 2.75) is 19.4 Å². The van der Waals surface area contributed by atoms with Crippen LogP contribution >= 0.6 is 0 Å². The van der Waals surface area contributed by atoms with Gasteiger partial charge in [0.1, 0.15) is 11.5 Å². The van der Waals surface area contributed by atoms with Crippen molar-refractivity contribution in [1.82, 2.24) is 0 Å². The molecular weight excluding hydrogens is 408 g/mol. The highest BCUT2D eigenvalue weighted by atomic mass is 16.5. The van der Waals surface area contributed by atoms with Gasteiger partial charge in [0, 0.05) is 23.1 Å². The van der Waals surface area contributed by atoms with E-state index in [1.54, 1.807) is 14.2 Å². The van der Waals surface area contributed by atoms with Gasteiger partial charge in [0.2, 0.25) is 0 Å². The van der Waals surface area contributed by atoms with E-state index in [1.807, 2.05) is 60.7 Å². The summed E-state index contributed by atoms with van der Waals surface area (Å²) in [7, 11) is 3.17. The first-order valence-corrected chi connectivity index (χ1v) is 10.4. The van der Waals surface area contributed by atoms with Crippen LogP contribution in [0.3, 0.4) is 0 Å². The number of fused-ring (bicyclic) bond motifs is 1. The zero-order valence-electron chi connectivity index (χ0n) is 18.1. The number of aryl methyl sites for hydroxylation is 1. The summed E-state index contributed by atoms with van der Waals surface area (Å²) in [6.45, 7) is -0.0828. The van der Waals surface area contributed by atoms with Crippen LogP contribution in [0.4, 0.5) is 0 Å². The minimum atomic E-state index is -0.195. The van der Waals surface area contributed by atoms with Gasteiger partial charge >= 0.3 is 0 Å². The number of hydrogen-bond donors (Lipinski definition) is 2. The highest BCUT2D eigenvalue weighted by molar-refractivity contribution is 5.92. The lowest BCUT2D eigenvalue weighted by Crippen LogP contribution is -1.93. The number of ether oxygens (including phenoxy) is 3. The maximum atomic E-state index is 10.2. The van der Waals surface area contributed by atoms with Gasteiger partial charge in [-0.2, -0.15) is 0 Å². The van der Waals surface area contributed by atoms with E-state index < -0.39 is 0 Å². The smallest absolute Gasteiger partial charge is 0.177 e. The molecule has 0 amide bonds. The second-order valence-electron chi connectivity index (χ2n) is 7.35. The molecule has 6 nitrogen and oxygen atoms in total. The zero-order chi connectivity index (χ0) is 22.5. The standard InChI is InChI=1S/C26H26O6/c1-29-23-15-18(10-11-22(23)31-19-8-4-3-5-9-19)25-21(16-28)20-13-17(7-6-12-27)14-24(30-2)26(20)32-25/h3-5,8-11,13-15,27-28H,6-7,12,16H2,1-2H3. The number of furan rings is 1. The fourth-order valence-electron chi connectivity index (χ4n) is 3.75. The van der Waals surface area contributed by atoms with Crippen molar-refractivity contribution in [1.29, 1.82) is 0 Å². The molecule has 4 rings (SSSR count). The fourth-order valence-corrected chi connectivity index (χ4v) is 3.75. The molecule has 32 heavy (non-hydrogen) atoms. The number of benzene rings is 3. The summed E-state index contributed by atoms with van der Waals surface area (Å²) < 4.78 is 23.2. The first-order valence-electron chi connectivity index (χ1n) is 10.4. The number of hydrogen-bond acceptors (Lipinski definition) is 6. The third-order valence-corrected chi connectivity index (χ3v) is 5.32. The van der Waals surface area contributed by atoms with Crippen molar-refractivity contribution in [3.05, 3.63) is 71.8 Å². The van der Waals surface area contributed by atoms with Crippen molar-refractivity contribution in [3.8, 4) is 34.3 Å². The quantitative estimate of drug-likeness (QED) is 0.371. The molecule has 0 spiro atoms. The van der Waals surface area contributed by atoms with Crippen LogP contribution in [0.2, 0.25) is 0 Å². The second kappa shape index (κ2) is 9.77. The molecule has 0 saturated carbocycles. The minimum absolute atomic E-state index is 0.112. The summed E-state index contributed by atoms with van der Waals surface area (Å²) in [5, 5.41) is 20.1. The number of rotatable bonds is 9. The van der Waals surface area contributed by atoms with Gasteiger partial charge in [-0.3, -0.25) is 0 Å². The average Bonchev–Trinajstić information content (AvgIpc) is 3.21. The molecule has 3 aromatic carbocycles. The predicted octanol–water partition coefficient (Wildman–Crippen LogP) is 5.33. The van der Waals surface area contributed by atoms with E-state index in [2.05, 4.69) is 0 Å². The fraction of sp³-hybridized carbons (Fsp3) is 0.231. The van der Waals surface area contributed by atoms with E-state index >= 15 is 0 Å². The molecule has 0 aliphatic heterocycles. The second-order valence-corrected chi connectivity index (χ2v) is 7.35. The van der Waals surface area contributed by atoms with Crippen molar-refractivity contribution in [2.24, 2.45) is 0 Å². The normalized spacial score (nSPS) is 11.0. The topological polar surface area (TPSA) is 81.3 Å². The Balaban J connectivity index is 1.78. The lowest BCUT2D eigenvalue weighted by molar-refractivity contribution is 0.282. The molecule has 166 valence electrons. The van der Waals surface area contributed by atoms with Crippen LogP contribution in [0, 0.1) is 0 Å². The van der Waals surface area contributed by atoms with Crippen LogP contribution in [0.15, 0.2) is 65.1 Å². The first-order chi connectivity index (χ1) is 15.7. The van der Waals surface area contributed by atoms with E-state index in [-0.39, 0.29) is 13.2 Å². The van der Waals surface area contributed by atoms with Crippen LogP contribution in [-0.4, -0.2) is 31.0 Å². The van der Waals surface area contributed by atoms with Crippen LogP contribution in [0.5, 0.6) is 23.0 Å². The molecule has 4 aromatic rings. The summed E-state index contributed by atoms with van der Waals surface area (Å²) in [5.74, 6) is 2.97. The first kappa shape index (κ1) is 21.7. The molecule has 0 unspecified atom stereocenters. The Morgan fingerprint density at radius 2 is 1.62 bits per heavy atom. The number of para-hydroxylation sites is 1. The van der Waals surface area contributed by atoms with E-state index in [0.29, 0.717) is 52.7 Å². The maximum Gasteiger partial charge on any atom is 0.177 e. The Morgan fingerprint density at radius 3 is 2.31 bits per heavy atom. The maximum absolute atomic E-state index is 10.2. The Morgan fingerprint density at radius 1 is 0.844 bits per heavy atom. The molecule has 1 aromatic heterocycles. The summed E-state index contributed by atoms with van der Waals surface area (Å²) in [4.78, 5) is 0. The van der Waals surface area contributed by atoms with Crippen LogP contribution in [-0.2, 0) is 13.0 Å². The van der Waals surface area contributed by atoms with E-state index in [4.69, 9.17) is 18.6 Å². The number of methoxy groups -OCH3 is 2. The molecule has 0 fully saturated rings. The van der Waals surface area contributed by atoms with Crippen LogP contribution in [0.25, 0.3) is 22.3 Å². The third-order valence-electron chi connectivity index (χ3n) is 5.32. The van der Waals surface area contributed by atoms with Gasteiger partial charge in [0.25, 0.3) is 0 Å². The van der Waals surface area contributed by atoms with Crippen molar-refractivity contribution < 1.29 is 28.8 Å². The molecule has 0 aliphatic rings. The third kappa shape index (κ3) is 4.28. The lowest BCUT2D eigenvalue weighted by Gasteiger charge is -2.11. The summed E-state index contributed by atoms with van der Waals surface area (Å²) in [6, 6.07) is 18.9. The van der Waals surface area contributed by atoms with Gasteiger partial charge in [-0.15, -0.1) is 0 Å². The molecular formula is C26H26O6. The lowest BCUT2D eigenvalue weighted by atomic mass is 10.0.